The number of nitriles is 1. The van der Waals surface area contributed by atoms with Gasteiger partial charge in [-0.1, -0.05) is 18.6 Å². The van der Waals surface area contributed by atoms with E-state index in [9.17, 15) is 0 Å². The summed E-state index contributed by atoms with van der Waals surface area (Å²) >= 11 is 0. The lowest BCUT2D eigenvalue weighted by Gasteiger charge is -2.24. The van der Waals surface area contributed by atoms with E-state index in [0.29, 0.717) is 6.04 Å². The van der Waals surface area contributed by atoms with Crippen LogP contribution >= 0.6 is 0 Å². The third-order valence-corrected chi connectivity index (χ3v) is 3.00. The maximum absolute atomic E-state index is 8.95. The van der Waals surface area contributed by atoms with Crippen LogP contribution in [0.5, 0.6) is 0 Å². The number of para-hydroxylation sites is 1. The summed E-state index contributed by atoms with van der Waals surface area (Å²) in [6.07, 6.45) is 3.81. The molecule has 1 unspecified atom stereocenters. The maximum atomic E-state index is 8.95. The highest BCUT2D eigenvalue weighted by atomic mass is 15.0. The first-order valence-electron chi connectivity index (χ1n) is 5.86. The highest BCUT2D eigenvalue weighted by Crippen LogP contribution is 2.14. The molecule has 2 rings (SSSR count). The van der Waals surface area contributed by atoms with E-state index in [2.05, 4.69) is 16.7 Å². The van der Waals surface area contributed by atoms with E-state index in [1.54, 1.807) is 0 Å². The predicted octanol–water partition coefficient (Wildman–Crippen LogP) is 2.11. The number of piperidine rings is 1. The number of nitrogens with one attached hydrogen (secondary N) is 2. The Morgan fingerprint density at radius 1 is 1.38 bits per heavy atom. The normalized spacial score (nSPS) is 20.1. The van der Waals surface area contributed by atoms with Gasteiger partial charge in [-0.3, -0.25) is 0 Å². The molecule has 2 N–H and O–H groups in total. The second-order valence-electron chi connectivity index (χ2n) is 4.19. The monoisotopic (exact) mass is 215 g/mol. The van der Waals surface area contributed by atoms with Crippen LogP contribution in [-0.4, -0.2) is 19.1 Å². The number of nitrogens with zero attached hydrogens (tertiary/aromatic N) is 1. The molecule has 84 valence electrons. The summed E-state index contributed by atoms with van der Waals surface area (Å²) in [7, 11) is 0. The molecule has 1 aliphatic rings. The van der Waals surface area contributed by atoms with Crippen molar-refractivity contribution in [2.45, 2.75) is 25.3 Å². The summed E-state index contributed by atoms with van der Waals surface area (Å²) in [5, 5.41) is 15.8. The van der Waals surface area contributed by atoms with Crippen LogP contribution in [0, 0.1) is 11.3 Å². The fourth-order valence-corrected chi connectivity index (χ4v) is 2.07. The molecule has 16 heavy (non-hydrogen) atoms. The number of hydrogen-bond acceptors (Lipinski definition) is 3. The maximum Gasteiger partial charge on any atom is 0.101 e. The van der Waals surface area contributed by atoms with Gasteiger partial charge in [0, 0.05) is 12.6 Å². The molecule has 1 aromatic rings. The molecule has 0 aliphatic carbocycles. The Morgan fingerprint density at radius 2 is 2.25 bits per heavy atom. The van der Waals surface area contributed by atoms with Gasteiger partial charge < -0.3 is 10.6 Å². The molecule has 0 aromatic heterocycles. The van der Waals surface area contributed by atoms with Gasteiger partial charge in [-0.15, -0.1) is 0 Å². The van der Waals surface area contributed by atoms with E-state index in [4.69, 9.17) is 5.26 Å². The largest absolute Gasteiger partial charge is 0.382 e. The van der Waals surface area contributed by atoms with Crippen molar-refractivity contribution in [1.82, 2.24) is 5.32 Å². The average Bonchev–Trinajstić information content (AvgIpc) is 2.38. The number of benzene rings is 1. The first-order chi connectivity index (χ1) is 7.90. The fourth-order valence-electron chi connectivity index (χ4n) is 2.07. The Bertz CT molecular complexity index is 375. The minimum atomic E-state index is 0.542. The minimum absolute atomic E-state index is 0.542. The predicted molar refractivity (Wildman–Crippen MR) is 65.3 cm³/mol. The molecule has 0 bridgehead atoms. The second kappa shape index (κ2) is 5.53. The van der Waals surface area contributed by atoms with Crippen molar-refractivity contribution in [2.75, 3.05) is 18.4 Å². The van der Waals surface area contributed by atoms with Crippen LogP contribution in [0.25, 0.3) is 0 Å². The molecular weight excluding hydrogens is 198 g/mol. The lowest BCUT2D eigenvalue weighted by molar-refractivity contribution is 0.414. The molecule has 1 aromatic carbocycles. The molecular formula is C13H17N3. The summed E-state index contributed by atoms with van der Waals surface area (Å²) in [6.45, 7) is 2.02. The van der Waals surface area contributed by atoms with Crippen molar-refractivity contribution in [2.24, 2.45) is 0 Å². The number of hydrogen-bond donors (Lipinski definition) is 2. The van der Waals surface area contributed by atoms with E-state index >= 15 is 0 Å². The molecule has 3 heteroatoms. The number of rotatable bonds is 3. The molecule has 0 radical (unpaired) electrons. The van der Waals surface area contributed by atoms with Gasteiger partial charge in [-0.05, 0) is 31.5 Å². The Kier molecular flexibility index (Phi) is 3.79. The van der Waals surface area contributed by atoms with Crippen LogP contribution in [0.3, 0.4) is 0 Å². The summed E-state index contributed by atoms with van der Waals surface area (Å²) in [5.74, 6) is 0. The smallest absolute Gasteiger partial charge is 0.101 e. The summed E-state index contributed by atoms with van der Waals surface area (Å²) in [6, 6.07) is 10.4. The Morgan fingerprint density at radius 3 is 3.00 bits per heavy atom. The van der Waals surface area contributed by atoms with Crippen molar-refractivity contribution >= 4 is 5.69 Å². The third kappa shape index (κ3) is 2.74. The molecule has 3 nitrogen and oxygen atoms in total. The van der Waals surface area contributed by atoms with Crippen LogP contribution in [-0.2, 0) is 0 Å². The molecule has 1 atom stereocenters. The van der Waals surface area contributed by atoms with Crippen molar-refractivity contribution < 1.29 is 0 Å². The SMILES string of the molecule is N#Cc1ccccc1NCC1CCCCN1. The van der Waals surface area contributed by atoms with E-state index in [-0.39, 0.29) is 0 Å². The van der Waals surface area contributed by atoms with Crippen LogP contribution < -0.4 is 10.6 Å². The quantitative estimate of drug-likeness (QED) is 0.812. The molecule has 1 aliphatic heterocycles. The van der Waals surface area contributed by atoms with Gasteiger partial charge in [0.1, 0.15) is 6.07 Å². The van der Waals surface area contributed by atoms with Crippen LogP contribution in [0.4, 0.5) is 5.69 Å². The molecule has 0 amide bonds. The fraction of sp³-hybridized carbons (Fsp3) is 0.462. The van der Waals surface area contributed by atoms with E-state index in [0.717, 1.165) is 24.3 Å². The Labute approximate surface area is 96.5 Å². The van der Waals surface area contributed by atoms with Crippen molar-refractivity contribution in [3.05, 3.63) is 29.8 Å². The summed E-state index contributed by atoms with van der Waals surface area (Å²) in [5.41, 5.74) is 1.66. The highest BCUT2D eigenvalue weighted by Gasteiger charge is 2.12. The highest BCUT2D eigenvalue weighted by molar-refractivity contribution is 5.57. The molecule has 0 saturated carbocycles. The van der Waals surface area contributed by atoms with Gasteiger partial charge in [-0.2, -0.15) is 5.26 Å². The zero-order chi connectivity index (χ0) is 11.2. The summed E-state index contributed by atoms with van der Waals surface area (Å²) < 4.78 is 0. The van der Waals surface area contributed by atoms with Gasteiger partial charge in [-0.25, -0.2) is 0 Å². The third-order valence-electron chi connectivity index (χ3n) is 3.00. The zero-order valence-electron chi connectivity index (χ0n) is 9.37. The number of anilines is 1. The van der Waals surface area contributed by atoms with E-state index in [1.807, 2.05) is 24.3 Å². The lowest BCUT2D eigenvalue weighted by atomic mass is 10.0. The van der Waals surface area contributed by atoms with Gasteiger partial charge in [0.15, 0.2) is 0 Å². The topological polar surface area (TPSA) is 47.9 Å². The Balaban J connectivity index is 1.91. The van der Waals surface area contributed by atoms with Gasteiger partial charge in [0.25, 0.3) is 0 Å². The van der Waals surface area contributed by atoms with Crippen molar-refractivity contribution in [1.29, 1.82) is 5.26 Å². The van der Waals surface area contributed by atoms with Crippen LogP contribution in [0.1, 0.15) is 24.8 Å². The van der Waals surface area contributed by atoms with Crippen LogP contribution in [0.15, 0.2) is 24.3 Å². The second-order valence-corrected chi connectivity index (χ2v) is 4.19. The van der Waals surface area contributed by atoms with Crippen molar-refractivity contribution in [3.63, 3.8) is 0 Å². The molecule has 1 fully saturated rings. The van der Waals surface area contributed by atoms with Gasteiger partial charge in [0.2, 0.25) is 0 Å². The lowest BCUT2D eigenvalue weighted by Crippen LogP contribution is -2.39. The van der Waals surface area contributed by atoms with E-state index < -0.39 is 0 Å². The first-order valence-corrected chi connectivity index (χ1v) is 5.86. The minimum Gasteiger partial charge on any atom is -0.382 e. The van der Waals surface area contributed by atoms with Crippen LogP contribution in [0.2, 0.25) is 0 Å². The summed E-state index contributed by atoms with van der Waals surface area (Å²) in [4.78, 5) is 0. The molecule has 1 saturated heterocycles. The molecule has 1 heterocycles. The standard InChI is InChI=1S/C13H17N3/c14-9-11-5-1-2-7-13(11)16-10-12-6-3-4-8-15-12/h1-2,5,7,12,15-16H,3-4,6,8,10H2. The van der Waals surface area contributed by atoms with Gasteiger partial charge in [0.05, 0.1) is 11.3 Å². The van der Waals surface area contributed by atoms with Crippen molar-refractivity contribution in [3.8, 4) is 6.07 Å². The Hall–Kier alpha value is -1.53. The zero-order valence-corrected chi connectivity index (χ0v) is 9.37. The average molecular weight is 215 g/mol. The van der Waals surface area contributed by atoms with Gasteiger partial charge >= 0.3 is 0 Å². The first kappa shape index (κ1) is 11.0. The molecule has 0 spiro atoms. The van der Waals surface area contributed by atoms with E-state index in [1.165, 1.54) is 19.3 Å².